The first-order valence-electron chi connectivity index (χ1n) is 40.8. The Morgan fingerprint density at radius 1 is 0.278 bits per heavy atom. The van der Waals surface area contributed by atoms with Crippen molar-refractivity contribution in [3.8, 4) is 23.0 Å². The van der Waals surface area contributed by atoms with Gasteiger partial charge in [0, 0.05) is 0 Å². The van der Waals surface area contributed by atoms with Crippen molar-refractivity contribution in [3.63, 3.8) is 0 Å². The molecule has 0 saturated carbocycles. The van der Waals surface area contributed by atoms with Crippen LogP contribution in [0.4, 0.5) is 0 Å². The molecule has 0 radical (unpaired) electrons. The van der Waals surface area contributed by atoms with E-state index in [0.29, 0.717) is 0 Å². The zero-order chi connectivity index (χ0) is 78.3. The van der Waals surface area contributed by atoms with Crippen LogP contribution in [0.15, 0.2) is 383 Å². The van der Waals surface area contributed by atoms with E-state index >= 15 is 0 Å². The molecular formula is C106H88Cl2O4Si2Zr. The second-order valence-corrected chi connectivity index (χ2v) is 74.2. The maximum absolute atomic E-state index is 12.0. The van der Waals surface area contributed by atoms with Crippen LogP contribution < -0.4 is 18.9 Å². The van der Waals surface area contributed by atoms with E-state index in [-0.39, 0.29) is 23.7 Å². The van der Waals surface area contributed by atoms with Crippen molar-refractivity contribution in [1.82, 2.24) is 0 Å². The normalized spacial score (nSPS) is 27.9. The summed E-state index contributed by atoms with van der Waals surface area (Å²) in [6.45, 7) is 15.7. The predicted octanol–water partition coefficient (Wildman–Crippen LogP) is 28.0. The number of halogens is 2. The van der Waals surface area contributed by atoms with Crippen molar-refractivity contribution in [3.05, 3.63) is 405 Å². The molecular weight excluding hydrogens is 1560 g/mol. The molecule has 115 heavy (non-hydrogen) atoms. The molecule has 9 heteroatoms. The van der Waals surface area contributed by atoms with Gasteiger partial charge in [-0.05, 0) is 0 Å². The quantitative estimate of drug-likeness (QED) is 0.112. The first kappa shape index (κ1) is 71.2. The third-order valence-corrected chi connectivity index (χ3v) is 116. The molecule has 4 nitrogen and oxygen atoms in total. The second kappa shape index (κ2) is 24.6. The fourth-order valence-corrected chi connectivity index (χ4v) is 152. The van der Waals surface area contributed by atoms with E-state index in [4.69, 9.17) is 18.9 Å². The van der Waals surface area contributed by atoms with E-state index in [1.165, 1.54) is 175 Å². The first-order chi connectivity index (χ1) is 56.0. The van der Waals surface area contributed by atoms with Gasteiger partial charge in [0.05, 0.1) is 0 Å². The van der Waals surface area contributed by atoms with E-state index in [1.54, 1.807) is 28.4 Å². The monoisotopic (exact) mass is 1640 g/mol. The van der Waals surface area contributed by atoms with Crippen molar-refractivity contribution >= 4 is 121 Å². The molecule has 0 amide bonds. The van der Waals surface area contributed by atoms with Crippen LogP contribution in [0, 0.1) is 0 Å². The summed E-state index contributed by atoms with van der Waals surface area (Å²) in [5.74, 6) is 2.60. The van der Waals surface area contributed by atoms with E-state index in [9.17, 15) is 17.0 Å². The third-order valence-electron chi connectivity index (χ3n) is 30.9. The van der Waals surface area contributed by atoms with Crippen LogP contribution in [0.3, 0.4) is 0 Å². The molecule has 8 atom stereocenters. The van der Waals surface area contributed by atoms with Gasteiger partial charge in [0.25, 0.3) is 0 Å². The molecule has 0 N–H and O–H groups in total. The summed E-state index contributed by atoms with van der Waals surface area (Å²) in [5, 5.41) is 19.0. The topological polar surface area (TPSA) is 36.9 Å². The second-order valence-electron chi connectivity index (χ2n) is 34.3. The molecule has 12 aromatic rings. The molecule has 8 unspecified atom stereocenters. The molecule has 8 aliphatic carbocycles. The van der Waals surface area contributed by atoms with Gasteiger partial charge in [-0.25, -0.2) is 0 Å². The van der Waals surface area contributed by atoms with Crippen LogP contribution in [0.25, 0.3) is 86.2 Å². The van der Waals surface area contributed by atoms with Crippen molar-refractivity contribution in [1.29, 1.82) is 0 Å². The van der Waals surface area contributed by atoms with Crippen molar-refractivity contribution in [2.75, 3.05) is 28.4 Å². The van der Waals surface area contributed by atoms with Crippen molar-refractivity contribution in [2.45, 2.75) is 75.4 Å². The molecule has 10 aliphatic rings. The molecule has 0 aromatic heterocycles. The van der Waals surface area contributed by atoms with Crippen molar-refractivity contribution in [2.24, 2.45) is 0 Å². The molecule has 2 aliphatic heterocycles. The van der Waals surface area contributed by atoms with Gasteiger partial charge < -0.3 is 0 Å². The molecule has 2 heterocycles. The van der Waals surface area contributed by atoms with Crippen molar-refractivity contribution < 1.29 is 33.9 Å². The summed E-state index contributed by atoms with van der Waals surface area (Å²) in [6, 6.07) is 72.5. The molecule has 0 bridgehead atoms. The van der Waals surface area contributed by atoms with E-state index in [0.717, 1.165) is 23.0 Å². The van der Waals surface area contributed by atoms with Gasteiger partial charge >= 0.3 is 686 Å². The van der Waals surface area contributed by atoms with Gasteiger partial charge in [0.2, 0.25) is 0 Å². The average Bonchev–Trinajstić information content (AvgIpc) is 1.49. The number of methoxy groups -OCH3 is 4. The standard InChI is InChI=1S/2C53H44O2Si.2ClH.Zr/c2*1-32-26-48-42(50-28-34-22-24-36(54-3)30-46(34)38-14-6-8-16-40(38)50)18-10-12-20-44(48)52(32)56(5)53-33(2)27-49-43(19-11-13-21-45(49)53)51-29-35-23-25-37(55-4)31-47(35)39-15-7-9-17-41(39)51;;;/h2*6-31,42-43,56H,1-5H3;2*1H;/q;;;;+2/p-2. The minimum absolute atomic E-state index is 0.190. The fourth-order valence-electron chi connectivity index (χ4n) is 27.8. The number of hydrogen-bond acceptors (Lipinski definition) is 4. The van der Waals surface area contributed by atoms with E-state index in [2.05, 4.69) is 356 Å². The molecule has 2 fully saturated rings. The van der Waals surface area contributed by atoms with Crippen LogP contribution in [0.1, 0.15) is 73.6 Å². The Kier molecular flexibility index (Phi) is 15.2. The van der Waals surface area contributed by atoms with Crippen LogP contribution in [0.5, 0.6) is 23.0 Å². The van der Waals surface area contributed by atoms with Crippen LogP contribution in [-0.2, 0) is 14.9 Å². The number of fused-ring (bicyclic) bond motifs is 20. The van der Waals surface area contributed by atoms with Crippen LogP contribution in [0.2, 0.25) is 24.1 Å². The van der Waals surface area contributed by atoms with Gasteiger partial charge in [0.15, 0.2) is 0 Å². The third kappa shape index (κ3) is 8.01. The van der Waals surface area contributed by atoms with Crippen LogP contribution >= 0.6 is 17.0 Å². The predicted molar refractivity (Wildman–Crippen MR) is 488 cm³/mol. The average molecular weight is 1640 g/mol. The number of ether oxygens (including phenoxy) is 4. The zero-order valence-electron chi connectivity index (χ0n) is 66.4. The van der Waals surface area contributed by atoms with Gasteiger partial charge in [-0.3, -0.25) is 0 Å². The zero-order valence-corrected chi connectivity index (χ0v) is 72.7. The summed E-state index contributed by atoms with van der Waals surface area (Å²) < 4.78 is 20.4. The van der Waals surface area contributed by atoms with Crippen LogP contribution in [-0.4, -0.2) is 46.0 Å². The summed E-state index contributed by atoms with van der Waals surface area (Å²) >= 11 is -8.06. The Balaban J connectivity index is 0.910. The summed E-state index contributed by atoms with van der Waals surface area (Å²) in [5.41, 5.74) is 20.8. The van der Waals surface area contributed by atoms with Gasteiger partial charge in [0.1, 0.15) is 0 Å². The Morgan fingerprint density at radius 3 is 0.713 bits per heavy atom. The number of benzene rings is 12. The maximum atomic E-state index is 12.0. The first-order valence-corrected chi connectivity index (χ1v) is 56.7. The number of hydrogen-bond donors (Lipinski definition) is 0. The molecule has 2 saturated heterocycles. The van der Waals surface area contributed by atoms with E-state index < -0.39 is 43.5 Å². The molecule has 12 aromatic carbocycles. The van der Waals surface area contributed by atoms with Gasteiger partial charge in [-0.1, -0.05) is 0 Å². The molecule has 562 valence electrons. The molecule has 5 spiro atoms. The fraction of sp³-hybridized carbons (Fsp3) is 0.170. The van der Waals surface area contributed by atoms with Gasteiger partial charge in [-0.15, -0.1) is 0 Å². The summed E-state index contributed by atoms with van der Waals surface area (Å²) in [7, 11) is 25.4. The Hall–Kier alpha value is -10.3. The minimum atomic E-state index is -8.06. The Bertz CT molecular complexity index is 6290. The van der Waals surface area contributed by atoms with E-state index in [1.807, 2.05) is 0 Å². The van der Waals surface area contributed by atoms with Gasteiger partial charge in [-0.2, -0.15) is 0 Å². The number of allylic oxidation sites excluding steroid dienone is 32. The summed E-state index contributed by atoms with van der Waals surface area (Å²) in [4.78, 5) is 0. The SMILES string of the molecule is COc1ccc2cc(C3C=CC=CC4=C3C=C(C)[C]43[SiH](C)[C]4(C(C)=CC5=C4C=CC=CC5c4cc5ccc(OC)cc5c5ccccc45)[Zr]34([Cl])([Cl])[C]3(C(C)=CC5=C3C=CC=CC5c3cc5ccc(OC)cc5c5ccccc35)[SiH](C)[C]43C(C)=CC4=C3C=CC=CC4c3cc4ccc(OC)cc4c4ccccc34)c3ccccc3c2c1. The Morgan fingerprint density at radius 2 is 0.496 bits per heavy atom. The summed E-state index contributed by atoms with van der Waals surface area (Å²) in [6.07, 6.45) is 50.0. The Labute approximate surface area is 680 Å². The molecule has 22 rings (SSSR count). The number of rotatable bonds is 8.